The highest BCUT2D eigenvalue weighted by molar-refractivity contribution is 5.79. The standard InChI is InChI=1S/C14H25NO2/c1-2-10-17-14-5-3-4-12(11-14)15-8-6-13(16)7-9-15/h12,14H,2-11H2,1H3. The quantitative estimate of drug-likeness (QED) is 0.754. The summed E-state index contributed by atoms with van der Waals surface area (Å²) >= 11 is 0. The van der Waals surface area contributed by atoms with Gasteiger partial charge in [0.2, 0.25) is 0 Å². The molecule has 0 aromatic rings. The van der Waals surface area contributed by atoms with Crippen molar-refractivity contribution < 1.29 is 9.53 Å². The van der Waals surface area contributed by atoms with Gasteiger partial charge in [0.15, 0.2) is 0 Å². The number of nitrogens with zero attached hydrogens (tertiary/aromatic N) is 1. The lowest BCUT2D eigenvalue weighted by Gasteiger charge is -2.39. The molecule has 2 atom stereocenters. The van der Waals surface area contributed by atoms with Crippen molar-refractivity contribution in [3.63, 3.8) is 0 Å². The molecule has 0 aromatic heterocycles. The minimum Gasteiger partial charge on any atom is -0.378 e. The van der Waals surface area contributed by atoms with Crippen LogP contribution < -0.4 is 0 Å². The first-order valence-electron chi connectivity index (χ1n) is 7.17. The maximum atomic E-state index is 11.2. The number of ether oxygens (including phenoxy) is 1. The number of hydrogen-bond acceptors (Lipinski definition) is 3. The molecule has 2 rings (SSSR count). The van der Waals surface area contributed by atoms with Crippen LogP contribution in [0.4, 0.5) is 0 Å². The zero-order valence-corrected chi connectivity index (χ0v) is 11.0. The minimum atomic E-state index is 0.441. The van der Waals surface area contributed by atoms with E-state index in [9.17, 15) is 4.79 Å². The van der Waals surface area contributed by atoms with Crippen LogP contribution in [0.3, 0.4) is 0 Å². The summed E-state index contributed by atoms with van der Waals surface area (Å²) in [6.45, 7) is 5.01. The third-order valence-electron chi connectivity index (χ3n) is 4.03. The molecule has 2 fully saturated rings. The normalized spacial score (nSPS) is 31.7. The number of carbonyl (C=O) groups excluding carboxylic acids is 1. The molecule has 1 aliphatic carbocycles. The maximum absolute atomic E-state index is 11.2. The fourth-order valence-electron chi connectivity index (χ4n) is 3.03. The Labute approximate surface area is 105 Å². The van der Waals surface area contributed by atoms with Crippen LogP contribution in [-0.2, 0) is 9.53 Å². The largest absolute Gasteiger partial charge is 0.378 e. The van der Waals surface area contributed by atoms with Crippen LogP contribution in [0.2, 0.25) is 0 Å². The second kappa shape index (κ2) is 6.50. The molecular weight excluding hydrogens is 214 g/mol. The molecule has 98 valence electrons. The number of likely N-dealkylation sites (tertiary alicyclic amines) is 1. The van der Waals surface area contributed by atoms with E-state index >= 15 is 0 Å². The molecule has 3 heteroatoms. The summed E-state index contributed by atoms with van der Waals surface area (Å²) in [4.78, 5) is 13.8. The summed E-state index contributed by atoms with van der Waals surface area (Å²) < 4.78 is 5.88. The maximum Gasteiger partial charge on any atom is 0.135 e. The third-order valence-corrected chi connectivity index (χ3v) is 4.03. The van der Waals surface area contributed by atoms with Gasteiger partial charge in [0, 0.05) is 38.6 Å². The van der Waals surface area contributed by atoms with Crippen molar-refractivity contribution in [1.29, 1.82) is 0 Å². The molecule has 1 aliphatic heterocycles. The van der Waals surface area contributed by atoms with E-state index in [0.717, 1.165) is 39.0 Å². The number of carbonyl (C=O) groups is 1. The Morgan fingerprint density at radius 2 is 2.06 bits per heavy atom. The van der Waals surface area contributed by atoms with Crippen LogP contribution in [0.5, 0.6) is 0 Å². The van der Waals surface area contributed by atoms with Gasteiger partial charge in [0.1, 0.15) is 5.78 Å². The molecule has 1 heterocycles. The van der Waals surface area contributed by atoms with E-state index < -0.39 is 0 Å². The molecule has 0 radical (unpaired) electrons. The lowest BCUT2D eigenvalue weighted by atomic mass is 9.90. The molecule has 0 amide bonds. The first kappa shape index (κ1) is 13.0. The molecule has 1 saturated carbocycles. The van der Waals surface area contributed by atoms with E-state index in [0.29, 0.717) is 17.9 Å². The van der Waals surface area contributed by atoms with Crippen LogP contribution in [-0.4, -0.2) is 42.5 Å². The molecule has 2 aliphatic rings. The number of ketones is 1. The molecule has 17 heavy (non-hydrogen) atoms. The summed E-state index contributed by atoms with van der Waals surface area (Å²) in [7, 11) is 0. The lowest BCUT2D eigenvalue weighted by Crippen LogP contribution is -2.45. The smallest absolute Gasteiger partial charge is 0.135 e. The van der Waals surface area contributed by atoms with Crippen molar-refractivity contribution in [2.24, 2.45) is 0 Å². The van der Waals surface area contributed by atoms with Crippen molar-refractivity contribution >= 4 is 5.78 Å². The van der Waals surface area contributed by atoms with Crippen LogP contribution in [0.25, 0.3) is 0 Å². The van der Waals surface area contributed by atoms with Gasteiger partial charge in [-0.2, -0.15) is 0 Å². The Morgan fingerprint density at radius 1 is 1.29 bits per heavy atom. The van der Waals surface area contributed by atoms with Crippen LogP contribution in [0, 0.1) is 0 Å². The minimum absolute atomic E-state index is 0.441. The van der Waals surface area contributed by atoms with Gasteiger partial charge >= 0.3 is 0 Å². The van der Waals surface area contributed by atoms with Gasteiger partial charge in [-0.1, -0.05) is 6.92 Å². The second-order valence-electron chi connectivity index (χ2n) is 5.39. The summed E-state index contributed by atoms with van der Waals surface area (Å²) in [6, 6.07) is 0.665. The second-order valence-corrected chi connectivity index (χ2v) is 5.39. The fraction of sp³-hybridized carbons (Fsp3) is 0.929. The zero-order chi connectivity index (χ0) is 12.1. The fourth-order valence-corrected chi connectivity index (χ4v) is 3.03. The summed E-state index contributed by atoms with van der Waals surface area (Å²) in [5, 5.41) is 0. The van der Waals surface area contributed by atoms with E-state index in [1.807, 2.05) is 0 Å². The predicted molar refractivity (Wildman–Crippen MR) is 68.1 cm³/mol. The van der Waals surface area contributed by atoms with E-state index in [1.165, 1.54) is 25.7 Å². The Kier molecular flexibility index (Phi) is 4.99. The molecule has 1 saturated heterocycles. The summed E-state index contributed by atoms with van der Waals surface area (Å²) in [6.07, 6.45) is 8.07. The Balaban J connectivity index is 1.78. The van der Waals surface area contributed by atoms with Gasteiger partial charge < -0.3 is 4.74 Å². The van der Waals surface area contributed by atoms with Gasteiger partial charge in [0.05, 0.1) is 6.10 Å². The number of hydrogen-bond donors (Lipinski definition) is 0. The van der Waals surface area contributed by atoms with E-state index in [-0.39, 0.29) is 0 Å². The number of Topliss-reactive ketones (excluding diaryl/α,β-unsaturated/α-hetero) is 1. The van der Waals surface area contributed by atoms with E-state index in [2.05, 4.69) is 11.8 Å². The number of rotatable bonds is 4. The molecular formula is C14H25NO2. The van der Waals surface area contributed by atoms with Crippen LogP contribution in [0.1, 0.15) is 51.9 Å². The predicted octanol–water partition coefficient (Wildman–Crippen LogP) is 2.39. The van der Waals surface area contributed by atoms with E-state index in [4.69, 9.17) is 4.74 Å². The highest BCUT2D eigenvalue weighted by atomic mass is 16.5. The highest BCUT2D eigenvalue weighted by Gasteiger charge is 2.29. The Morgan fingerprint density at radius 3 is 2.76 bits per heavy atom. The van der Waals surface area contributed by atoms with Crippen molar-refractivity contribution in [2.75, 3.05) is 19.7 Å². The van der Waals surface area contributed by atoms with Crippen molar-refractivity contribution in [1.82, 2.24) is 4.90 Å². The first-order chi connectivity index (χ1) is 8.29. The molecule has 0 N–H and O–H groups in total. The lowest BCUT2D eigenvalue weighted by molar-refractivity contribution is -0.122. The molecule has 0 bridgehead atoms. The van der Waals surface area contributed by atoms with E-state index in [1.54, 1.807) is 0 Å². The Bertz CT molecular complexity index is 245. The van der Waals surface area contributed by atoms with Crippen molar-refractivity contribution in [3.05, 3.63) is 0 Å². The van der Waals surface area contributed by atoms with Crippen molar-refractivity contribution in [2.45, 2.75) is 64.0 Å². The summed E-state index contributed by atoms with van der Waals surface area (Å²) in [5.74, 6) is 0.441. The average Bonchev–Trinajstić information content (AvgIpc) is 2.37. The van der Waals surface area contributed by atoms with Crippen LogP contribution in [0.15, 0.2) is 0 Å². The van der Waals surface area contributed by atoms with Gasteiger partial charge in [-0.15, -0.1) is 0 Å². The zero-order valence-electron chi connectivity index (χ0n) is 11.0. The molecule has 2 unspecified atom stereocenters. The van der Waals surface area contributed by atoms with Gasteiger partial charge in [0.25, 0.3) is 0 Å². The SMILES string of the molecule is CCCOC1CCCC(N2CCC(=O)CC2)C1. The summed E-state index contributed by atoms with van der Waals surface area (Å²) in [5.41, 5.74) is 0. The van der Waals surface area contributed by atoms with Gasteiger partial charge in [-0.25, -0.2) is 0 Å². The Hall–Kier alpha value is -0.410. The van der Waals surface area contributed by atoms with Gasteiger partial charge in [-0.05, 0) is 32.1 Å². The average molecular weight is 239 g/mol. The van der Waals surface area contributed by atoms with Crippen LogP contribution >= 0.6 is 0 Å². The molecule has 0 spiro atoms. The monoisotopic (exact) mass is 239 g/mol. The molecule has 0 aromatic carbocycles. The number of piperidine rings is 1. The van der Waals surface area contributed by atoms with Gasteiger partial charge in [-0.3, -0.25) is 9.69 Å². The third kappa shape index (κ3) is 3.78. The highest BCUT2D eigenvalue weighted by Crippen LogP contribution is 2.26. The molecule has 3 nitrogen and oxygen atoms in total. The first-order valence-corrected chi connectivity index (χ1v) is 7.17. The topological polar surface area (TPSA) is 29.5 Å². The van der Waals surface area contributed by atoms with Crippen molar-refractivity contribution in [3.8, 4) is 0 Å².